The van der Waals surface area contributed by atoms with Crippen molar-refractivity contribution in [2.24, 2.45) is 0 Å². The molecule has 0 amide bonds. The molecule has 8 heteroatoms. The van der Waals surface area contributed by atoms with Crippen LogP contribution in [0.2, 0.25) is 0 Å². The summed E-state index contributed by atoms with van der Waals surface area (Å²) in [6, 6.07) is 7.74. The Labute approximate surface area is 111 Å². The Morgan fingerprint density at radius 3 is 2.60 bits per heavy atom. The zero-order chi connectivity index (χ0) is 14.1. The van der Waals surface area contributed by atoms with Crippen LogP contribution in [0, 0.1) is 10.1 Å². The number of rotatable bonds is 3. The number of nitro benzene ring substituents is 1. The molecule has 8 nitrogen and oxygen atoms in total. The van der Waals surface area contributed by atoms with Gasteiger partial charge in [-0.3, -0.25) is 15.1 Å². The lowest BCUT2D eigenvalue weighted by Crippen LogP contribution is -1.99. The number of nitrogens with one attached hydrogen (secondary N) is 3. The number of pyridine rings is 1. The molecule has 2 aromatic heterocycles. The first kappa shape index (κ1) is 11.9. The third kappa shape index (κ3) is 2.21. The number of hydrogen-bond acceptors (Lipinski definition) is 5. The lowest BCUT2D eigenvalue weighted by Gasteiger charge is -2.05. The topological polar surface area (TPSA) is 117 Å². The van der Waals surface area contributed by atoms with E-state index < -0.39 is 4.92 Å². The SMILES string of the molecule is O=c1[nH]c2cc(Nc3ccc([N+](=O)[O-])cc3)cnc2[nH]1. The molecule has 0 radical (unpaired) electrons. The van der Waals surface area contributed by atoms with Gasteiger partial charge in [0.15, 0.2) is 5.65 Å². The summed E-state index contributed by atoms with van der Waals surface area (Å²) in [4.78, 5) is 30.5. The van der Waals surface area contributed by atoms with Crippen molar-refractivity contribution >= 4 is 28.2 Å². The summed E-state index contributed by atoms with van der Waals surface area (Å²) in [5, 5.41) is 13.6. The Hall–Kier alpha value is -3.16. The van der Waals surface area contributed by atoms with Gasteiger partial charge < -0.3 is 10.3 Å². The Balaban J connectivity index is 1.88. The fraction of sp³-hybridized carbons (Fsp3) is 0. The molecule has 3 N–H and O–H groups in total. The summed E-state index contributed by atoms with van der Waals surface area (Å²) in [6.45, 7) is 0. The van der Waals surface area contributed by atoms with E-state index in [0.717, 1.165) is 0 Å². The maximum Gasteiger partial charge on any atom is 0.325 e. The van der Waals surface area contributed by atoms with Crippen molar-refractivity contribution in [1.29, 1.82) is 0 Å². The molecule has 0 unspecified atom stereocenters. The normalized spacial score (nSPS) is 10.6. The van der Waals surface area contributed by atoms with Crippen LogP contribution >= 0.6 is 0 Å². The van der Waals surface area contributed by atoms with Crippen LogP contribution in [-0.2, 0) is 0 Å². The van der Waals surface area contributed by atoms with Crippen molar-refractivity contribution in [1.82, 2.24) is 15.0 Å². The molecule has 0 aliphatic carbocycles. The number of nitrogens with zero attached hydrogens (tertiary/aromatic N) is 2. The van der Waals surface area contributed by atoms with Gasteiger partial charge in [-0.25, -0.2) is 9.78 Å². The zero-order valence-electron chi connectivity index (χ0n) is 10.1. The molecular weight excluding hydrogens is 262 g/mol. The van der Waals surface area contributed by atoms with Crippen LogP contribution in [0.25, 0.3) is 11.2 Å². The summed E-state index contributed by atoms with van der Waals surface area (Å²) >= 11 is 0. The molecule has 20 heavy (non-hydrogen) atoms. The summed E-state index contributed by atoms with van der Waals surface area (Å²) in [5.74, 6) is 0. The number of benzene rings is 1. The van der Waals surface area contributed by atoms with Gasteiger partial charge in [-0.15, -0.1) is 0 Å². The van der Waals surface area contributed by atoms with Crippen LogP contribution in [0.3, 0.4) is 0 Å². The third-order valence-corrected chi connectivity index (χ3v) is 2.73. The number of imidazole rings is 1. The van der Waals surface area contributed by atoms with Gasteiger partial charge in [0.1, 0.15) is 0 Å². The Kier molecular flexibility index (Phi) is 2.68. The Bertz CT molecular complexity index is 834. The number of hydrogen-bond donors (Lipinski definition) is 3. The summed E-state index contributed by atoms with van der Waals surface area (Å²) < 4.78 is 0. The standard InChI is InChI=1S/C12H9N5O3/c18-12-15-10-5-8(6-13-11(10)16-12)14-7-1-3-9(4-2-7)17(19)20/h1-6,14H,(H2,13,15,16,18). The zero-order valence-corrected chi connectivity index (χ0v) is 10.1. The van der Waals surface area contributed by atoms with E-state index in [1.165, 1.54) is 12.1 Å². The van der Waals surface area contributed by atoms with Crippen LogP contribution in [0.1, 0.15) is 0 Å². The van der Waals surface area contributed by atoms with Crippen LogP contribution in [0.5, 0.6) is 0 Å². The van der Waals surface area contributed by atoms with E-state index in [2.05, 4.69) is 20.3 Å². The maximum absolute atomic E-state index is 11.1. The summed E-state index contributed by atoms with van der Waals surface area (Å²) in [6.07, 6.45) is 1.56. The van der Waals surface area contributed by atoms with E-state index in [-0.39, 0.29) is 11.4 Å². The minimum Gasteiger partial charge on any atom is -0.354 e. The molecule has 0 saturated heterocycles. The highest BCUT2D eigenvalue weighted by Crippen LogP contribution is 2.20. The van der Waals surface area contributed by atoms with E-state index in [9.17, 15) is 14.9 Å². The molecule has 3 rings (SSSR count). The minimum atomic E-state index is -0.456. The molecule has 3 aromatic rings. The minimum absolute atomic E-state index is 0.0269. The number of nitro groups is 1. The largest absolute Gasteiger partial charge is 0.354 e. The second-order valence-electron chi connectivity index (χ2n) is 4.13. The van der Waals surface area contributed by atoms with E-state index in [0.29, 0.717) is 22.5 Å². The van der Waals surface area contributed by atoms with Crippen molar-refractivity contribution < 1.29 is 4.92 Å². The van der Waals surface area contributed by atoms with Gasteiger partial charge in [-0.05, 0) is 18.2 Å². The smallest absolute Gasteiger partial charge is 0.325 e. The molecule has 0 atom stereocenters. The number of anilines is 2. The molecule has 100 valence electrons. The van der Waals surface area contributed by atoms with Crippen LogP contribution in [-0.4, -0.2) is 19.9 Å². The highest BCUT2D eigenvalue weighted by atomic mass is 16.6. The van der Waals surface area contributed by atoms with E-state index in [4.69, 9.17) is 0 Å². The average Bonchev–Trinajstić information content (AvgIpc) is 2.78. The van der Waals surface area contributed by atoms with E-state index in [1.807, 2.05) is 0 Å². The molecule has 0 fully saturated rings. The predicted molar refractivity (Wildman–Crippen MR) is 73.1 cm³/mol. The fourth-order valence-electron chi connectivity index (χ4n) is 1.82. The Morgan fingerprint density at radius 2 is 1.90 bits per heavy atom. The number of aromatic nitrogens is 3. The molecule has 0 saturated carbocycles. The second kappa shape index (κ2) is 4.50. The van der Waals surface area contributed by atoms with E-state index in [1.54, 1.807) is 24.4 Å². The number of H-pyrrole nitrogens is 2. The molecule has 0 bridgehead atoms. The number of aromatic amines is 2. The highest BCUT2D eigenvalue weighted by Gasteiger charge is 2.05. The quantitative estimate of drug-likeness (QED) is 0.497. The van der Waals surface area contributed by atoms with Crippen molar-refractivity contribution in [3.8, 4) is 0 Å². The molecular formula is C12H9N5O3. The van der Waals surface area contributed by atoms with Gasteiger partial charge in [0, 0.05) is 17.8 Å². The van der Waals surface area contributed by atoms with Gasteiger partial charge in [0.25, 0.3) is 5.69 Å². The predicted octanol–water partition coefficient (Wildman–Crippen LogP) is 1.90. The molecule has 2 heterocycles. The number of fused-ring (bicyclic) bond motifs is 1. The van der Waals surface area contributed by atoms with Crippen molar-refractivity contribution in [2.45, 2.75) is 0 Å². The van der Waals surface area contributed by atoms with Crippen LogP contribution in [0.15, 0.2) is 41.3 Å². The number of non-ortho nitro benzene ring substituents is 1. The Morgan fingerprint density at radius 1 is 1.15 bits per heavy atom. The van der Waals surface area contributed by atoms with Gasteiger partial charge in [-0.1, -0.05) is 0 Å². The van der Waals surface area contributed by atoms with Crippen LogP contribution < -0.4 is 11.0 Å². The molecule has 0 spiro atoms. The lowest BCUT2D eigenvalue weighted by atomic mass is 10.2. The highest BCUT2D eigenvalue weighted by molar-refractivity contribution is 5.75. The average molecular weight is 271 g/mol. The van der Waals surface area contributed by atoms with Gasteiger partial charge in [0.05, 0.1) is 22.3 Å². The van der Waals surface area contributed by atoms with Gasteiger partial charge in [0.2, 0.25) is 0 Å². The van der Waals surface area contributed by atoms with Crippen molar-refractivity contribution in [3.63, 3.8) is 0 Å². The summed E-state index contributed by atoms with van der Waals surface area (Å²) in [5.41, 5.74) is 2.13. The molecule has 0 aliphatic heterocycles. The summed E-state index contributed by atoms with van der Waals surface area (Å²) in [7, 11) is 0. The fourth-order valence-corrected chi connectivity index (χ4v) is 1.82. The first-order chi connectivity index (χ1) is 9.61. The second-order valence-corrected chi connectivity index (χ2v) is 4.13. The first-order valence-electron chi connectivity index (χ1n) is 5.71. The van der Waals surface area contributed by atoms with Gasteiger partial charge >= 0.3 is 5.69 Å². The van der Waals surface area contributed by atoms with Crippen molar-refractivity contribution in [2.75, 3.05) is 5.32 Å². The lowest BCUT2D eigenvalue weighted by molar-refractivity contribution is -0.384. The van der Waals surface area contributed by atoms with E-state index >= 15 is 0 Å². The molecule has 0 aliphatic rings. The van der Waals surface area contributed by atoms with Crippen LogP contribution in [0.4, 0.5) is 17.1 Å². The van der Waals surface area contributed by atoms with Crippen molar-refractivity contribution in [3.05, 3.63) is 57.1 Å². The van der Waals surface area contributed by atoms with Gasteiger partial charge in [-0.2, -0.15) is 0 Å². The third-order valence-electron chi connectivity index (χ3n) is 2.73. The molecule has 1 aromatic carbocycles. The maximum atomic E-state index is 11.1. The first-order valence-corrected chi connectivity index (χ1v) is 5.71. The monoisotopic (exact) mass is 271 g/mol.